The zero-order chi connectivity index (χ0) is 21.1. The number of aromatic nitrogens is 2. The van der Waals surface area contributed by atoms with Gasteiger partial charge >= 0.3 is 0 Å². The molecule has 0 aliphatic rings. The van der Waals surface area contributed by atoms with E-state index in [1.165, 1.54) is 23.1 Å². The molecule has 0 fully saturated rings. The number of ether oxygens (including phenoxy) is 1. The molecule has 0 aliphatic carbocycles. The van der Waals surface area contributed by atoms with E-state index in [4.69, 9.17) is 4.74 Å². The normalized spacial score (nSPS) is 10.9. The van der Waals surface area contributed by atoms with Crippen LogP contribution in [0.4, 0.5) is 5.69 Å². The number of hydrogen-bond acceptors (Lipinski definition) is 6. The number of amides is 1. The minimum Gasteiger partial charge on any atom is -0.495 e. The SMILES string of the molecule is COc1ccccc1NC(=O)CSc1nc2ccsc2c(=O)n1-c1cccc(C)c1. The highest BCUT2D eigenvalue weighted by Crippen LogP contribution is 2.26. The van der Waals surface area contributed by atoms with Crippen LogP contribution in [0.1, 0.15) is 5.56 Å². The topological polar surface area (TPSA) is 73.2 Å². The summed E-state index contributed by atoms with van der Waals surface area (Å²) in [5.41, 5.74) is 2.88. The van der Waals surface area contributed by atoms with Gasteiger partial charge in [-0.15, -0.1) is 11.3 Å². The number of nitrogens with one attached hydrogen (secondary N) is 1. The number of fused-ring (bicyclic) bond motifs is 1. The molecule has 0 aliphatic heterocycles. The molecule has 2 heterocycles. The molecule has 8 heteroatoms. The Morgan fingerprint density at radius 3 is 2.83 bits per heavy atom. The van der Waals surface area contributed by atoms with Crippen molar-refractivity contribution in [3.05, 3.63) is 75.9 Å². The van der Waals surface area contributed by atoms with Gasteiger partial charge in [0.15, 0.2) is 5.16 Å². The van der Waals surface area contributed by atoms with Crippen molar-refractivity contribution in [2.45, 2.75) is 12.1 Å². The molecule has 6 nitrogen and oxygen atoms in total. The molecule has 2 aromatic heterocycles. The number of para-hydroxylation sites is 2. The molecule has 0 unspecified atom stereocenters. The van der Waals surface area contributed by atoms with Gasteiger partial charge < -0.3 is 10.1 Å². The summed E-state index contributed by atoms with van der Waals surface area (Å²) in [5, 5.41) is 5.18. The van der Waals surface area contributed by atoms with Crippen molar-refractivity contribution < 1.29 is 9.53 Å². The summed E-state index contributed by atoms with van der Waals surface area (Å²) in [6, 6.07) is 16.7. The fraction of sp³-hybridized carbons (Fsp3) is 0.136. The molecule has 0 saturated heterocycles. The second kappa shape index (κ2) is 8.73. The Hall–Kier alpha value is -3.10. The molecule has 152 valence electrons. The Labute approximate surface area is 181 Å². The fourth-order valence-electron chi connectivity index (χ4n) is 3.05. The number of nitrogens with zero attached hydrogens (tertiary/aromatic N) is 2. The van der Waals surface area contributed by atoms with Crippen LogP contribution in [-0.4, -0.2) is 28.3 Å². The monoisotopic (exact) mass is 437 g/mol. The lowest BCUT2D eigenvalue weighted by molar-refractivity contribution is -0.113. The molecule has 0 bridgehead atoms. The molecule has 4 rings (SSSR count). The van der Waals surface area contributed by atoms with Crippen molar-refractivity contribution in [3.8, 4) is 11.4 Å². The lowest BCUT2D eigenvalue weighted by Gasteiger charge is -2.13. The lowest BCUT2D eigenvalue weighted by Crippen LogP contribution is -2.22. The number of hydrogen-bond donors (Lipinski definition) is 1. The van der Waals surface area contributed by atoms with Gasteiger partial charge in [-0.2, -0.15) is 0 Å². The molecule has 4 aromatic rings. The van der Waals surface area contributed by atoms with E-state index < -0.39 is 0 Å². The van der Waals surface area contributed by atoms with E-state index in [2.05, 4.69) is 10.3 Å². The van der Waals surface area contributed by atoms with Crippen molar-refractivity contribution >= 4 is 44.9 Å². The highest BCUT2D eigenvalue weighted by atomic mass is 32.2. The minimum absolute atomic E-state index is 0.103. The second-order valence-corrected chi connectivity index (χ2v) is 8.40. The number of benzene rings is 2. The number of anilines is 1. The van der Waals surface area contributed by atoms with E-state index in [0.29, 0.717) is 26.8 Å². The Kier molecular flexibility index (Phi) is 5.87. The smallest absolute Gasteiger partial charge is 0.276 e. The third-order valence-electron chi connectivity index (χ3n) is 4.42. The van der Waals surface area contributed by atoms with Gasteiger partial charge in [-0.3, -0.25) is 14.2 Å². The molecule has 0 spiro atoms. The number of aryl methyl sites for hydroxylation is 1. The summed E-state index contributed by atoms with van der Waals surface area (Å²) in [4.78, 5) is 30.3. The maximum Gasteiger partial charge on any atom is 0.276 e. The maximum absolute atomic E-state index is 13.1. The highest BCUT2D eigenvalue weighted by molar-refractivity contribution is 7.99. The molecular weight excluding hydrogens is 418 g/mol. The first-order valence-corrected chi connectivity index (χ1v) is 11.1. The van der Waals surface area contributed by atoms with E-state index in [0.717, 1.165) is 11.3 Å². The zero-order valence-corrected chi connectivity index (χ0v) is 18.0. The maximum atomic E-state index is 13.1. The largest absolute Gasteiger partial charge is 0.495 e. The van der Waals surface area contributed by atoms with Gasteiger partial charge in [0.05, 0.1) is 29.8 Å². The molecule has 2 aromatic carbocycles. The summed E-state index contributed by atoms with van der Waals surface area (Å²) in [5.74, 6) is 0.483. The molecular formula is C22H19N3O3S2. The molecule has 0 saturated carbocycles. The number of thiophene rings is 1. The van der Waals surface area contributed by atoms with Crippen LogP contribution in [-0.2, 0) is 4.79 Å². The van der Waals surface area contributed by atoms with Crippen molar-refractivity contribution in [1.29, 1.82) is 0 Å². The van der Waals surface area contributed by atoms with Crippen LogP contribution < -0.4 is 15.6 Å². The number of methoxy groups -OCH3 is 1. The summed E-state index contributed by atoms with van der Waals surface area (Å²) >= 11 is 2.59. The van der Waals surface area contributed by atoms with Crippen LogP contribution in [0.3, 0.4) is 0 Å². The number of carbonyl (C=O) groups excluding carboxylic acids is 1. The van der Waals surface area contributed by atoms with E-state index in [1.807, 2.05) is 54.8 Å². The first-order valence-electron chi connectivity index (χ1n) is 9.20. The molecule has 1 N–H and O–H groups in total. The molecule has 30 heavy (non-hydrogen) atoms. The average molecular weight is 438 g/mol. The van der Waals surface area contributed by atoms with Gasteiger partial charge in [0.2, 0.25) is 5.91 Å². The Morgan fingerprint density at radius 2 is 2.03 bits per heavy atom. The third-order valence-corrected chi connectivity index (χ3v) is 6.25. The fourth-order valence-corrected chi connectivity index (χ4v) is 4.62. The molecule has 0 atom stereocenters. The van der Waals surface area contributed by atoms with E-state index in [9.17, 15) is 9.59 Å². The Balaban J connectivity index is 1.64. The Bertz CT molecular complexity index is 1280. The van der Waals surface area contributed by atoms with Gasteiger partial charge in [-0.1, -0.05) is 36.0 Å². The van der Waals surface area contributed by atoms with Crippen molar-refractivity contribution in [2.24, 2.45) is 0 Å². The van der Waals surface area contributed by atoms with Crippen LogP contribution in [0.2, 0.25) is 0 Å². The summed E-state index contributed by atoms with van der Waals surface area (Å²) in [6.07, 6.45) is 0. The van der Waals surface area contributed by atoms with E-state index in [-0.39, 0.29) is 17.2 Å². The predicted octanol–water partition coefficient (Wildman–Crippen LogP) is 4.50. The van der Waals surface area contributed by atoms with E-state index >= 15 is 0 Å². The second-order valence-electron chi connectivity index (χ2n) is 6.55. The van der Waals surface area contributed by atoms with E-state index in [1.54, 1.807) is 23.8 Å². The van der Waals surface area contributed by atoms with Gasteiger partial charge in [0, 0.05) is 0 Å². The zero-order valence-electron chi connectivity index (χ0n) is 16.4. The standard InChI is InChI=1S/C22H19N3O3S2/c1-14-6-5-7-15(12-14)25-21(27)20-17(10-11-29-20)24-22(25)30-13-19(26)23-16-8-3-4-9-18(16)28-2/h3-12H,13H2,1-2H3,(H,23,26). The van der Waals surface area contributed by atoms with Gasteiger partial charge in [-0.25, -0.2) is 4.98 Å². The van der Waals surface area contributed by atoms with Crippen LogP contribution in [0, 0.1) is 6.92 Å². The first-order chi connectivity index (χ1) is 14.6. The van der Waals surface area contributed by atoms with Gasteiger partial charge in [0.25, 0.3) is 5.56 Å². The predicted molar refractivity (Wildman–Crippen MR) is 122 cm³/mol. The quantitative estimate of drug-likeness (QED) is 0.355. The lowest BCUT2D eigenvalue weighted by atomic mass is 10.2. The van der Waals surface area contributed by atoms with Crippen LogP contribution in [0.25, 0.3) is 15.9 Å². The van der Waals surface area contributed by atoms with Crippen molar-refractivity contribution in [2.75, 3.05) is 18.2 Å². The number of rotatable bonds is 6. The van der Waals surface area contributed by atoms with Crippen molar-refractivity contribution in [3.63, 3.8) is 0 Å². The summed E-state index contributed by atoms with van der Waals surface area (Å²) in [6.45, 7) is 1.97. The van der Waals surface area contributed by atoms with Crippen LogP contribution >= 0.6 is 23.1 Å². The number of carbonyl (C=O) groups is 1. The summed E-state index contributed by atoms with van der Waals surface area (Å²) < 4.78 is 7.45. The van der Waals surface area contributed by atoms with Gasteiger partial charge in [0.1, 0.15) is 10.4 Å². The minimum atomic E-state index is -0.208. The number of thioether (sulfide) groups is 1. The third kappa shape index (κ3) is 4.10. The molecule has 1 amide bonds. The summed E-state index contributed by atoms with van der Waals surface area (Å²) in [7, 11) is 1.56. The first kappa shape index (κ1) is 20.2. The average Bonchev–Trinajstić information content (AvgIpc) is 3.22. The van der Waals surface area contributed by atoms with Crippen molar-refractivity contribution in [1.82, 2.24) is 9.55 Å². The molecule has 0 radical (unpaired) electrons. The highest BCUT2D eigenvalue weighted by Gasteiger charge is 2.16. The van der Waals surface area contributed by atoms with Crippen LogP contribution in [0.5, 0.6) is 5.75 Å². The Morgan fingerprint density at radius 1 is 1.20 bits per heavy atom. The van der Waals surface area contributed by atoms with Crippen LogP contribution in [0.15, 0.2) is 69.9 Å². The van der Waals surface area contributed by atoms with Gasteiger partial charge in [-0.05, 0) is 48.2 Å².